The Morgan fingerprint density at radius 1 is 1.03 bits per heavy atom. The van der Waals surface area contributed by atoms with Gasteiger partial charge in [-0.2, -0.15) is 5.10 Å². The van der Waals surface area contributed by atoms with Crippen LogP contribution in [0.15, 0.2) is 59.5 Å². The highest BCUT2D eigenvalue weighted by molar-refractivity contribution is 8.00. The molecule has 0 aliphatic heterocycles. The largest absolute Gasteiger partial charge is 0.455 e. The van der Waals surface area contributed by atoms with Gasteiger partial charge in [0.1, 0.15) is 0 Å². The molecule has 0 fully saturated rings. The fourth-order valence-corrected chi connectivity index (χ4v) is 3.50. The van der Waals surface area contributed by atoms with Gasteiger partial charge in [-0.25, -0.2) is 4.68 Å². The summed E-state index contributed by atoms with van der Waals surface area (Å²) in [5, 5.41) is 7.32. The van der Waals surface area contributed by atoms with Crippen LogP contribution in [0.5, 0.6) is 0 Å². The first-order valence-corrected chi connectivity index (χ1v) is 10.2. The molecule has 7 heteroatoms. The maximum absolute atomic E-state index is 12.3. The minimum absolute atomic E-state index is 0.153. The molecule has 1 amide bonds. The number of benzene rings is 2. The first-order valence-electron chi connectivity index (χ1n) is 9.20. The number of anilines is 1. The summed E-state index contributed by atoms with van der Waals surface area (Å²) in [5.74, 6) is -0.670. The Labute approximate surface area is 174 Å². The monoisotopic (exact) mass is 409 g/mol. The summed E-state index contributed by atoms with van der Waals surface area (Å²) in [7, 11) is 0. The van der Waals surface area contributed by atoms with Crippen LogP contribution in [0.25, 0.3) is 5.69 Å². The van der Waals surface area contributed by atoms with Gasteiger partial charge in [0.15, 0.2) is 6.61 Å². The predicted molar refractivity (Wildman–Crippen MR) is 115 cm³/mol. The van der Waals surface area contributed by atoms with Crippen molar-refractivity contribution in [2.24, 2.45) is 0 Å². The fraction of sp³-hybridized carbons (Fsp3) is 0.227. The number of aromatic nitrogens is 2. The van der Waals surface area contributed by atoms with Gasteiger partial charge in [0, 0.05) is 4.90 Å². The molecule has 6 nitrogen and oxygen atoms in total. The lowest BCUT2D eigenvalue weighted by Gasteiger charge is -2.08. The zero-order chi connectivity index (χ0) is 20.8. The van der Waals surface area contributed by atoms with Crippen LogP contribution in [0.3, 0.4) is 0 Å². The lowest BCUT2D eigenvalue weighted by molar-refractivity contribution is -0.144. The van der Waals surface area contributed by atoms with Gasteiger partial charge in [-0.3, -0.25) is 9.59 Å². The molecule has 150 valence electrons. The summed E-state index contributed by atoms with van der Waals surface area (Å²) in [5.41, 5.74) is 4.22. The van der Waals surface area contributed by atoms with Gasteiger partial charge in [0.05, 0.1) is 28.5 Å². The molecular formula is C22H23N3O3S. The van der Waals surface area contributed by atoms with Crippen LogP contribution >= 0.6 is 11.8 Å². The maximum Gasteiger partial charge on any atom is 0.316 e. The Balaban J connectivity index is 1.55. The zero-order valence-electron chi connectivity index (χ0n) is 16.6. The number of hydrogen-bond donors (Lipinski definition) is 1. The van der Waals surface area contributed by atoms with Gasteiger partial charge in [-0.05, 0) is 45.0 Å². The van der Waals surface area contributed by atoms with Crippen molar-refractivity contribution in [1.29, 1.82) is 0 Å². The standard InChI is InChI=1S/C22H23N3O3S/c1-15-9-11-18(12-10-15)25-17(3)22(16(2)24-25)23-20(26)13-28-21(27)14-29-19-7-5-4-6-8-19/h4-12H,13-14H2,1-3H3,(H,23,26). The minimum atomic E-state index is -0.433. The Morgan fingerprint density at radius 2 is 1.72 bits per heavy atom. The first-order chi connectivity index (χ1) is 13.9. The van der Waals surface area contributed by atoms with E-state index >= 15 is 0 Å². The summed E-state index contributed by atoms with van der Waals surface area (Å²) in [4.78, 5) is 25.1. The molecule has 1 aromatic heterocycles. The van der Waals surface area contributed by atoms with Gasteiger partial charge >= 0.3 is 5.97 Å². The summed E-state index contributed by atoms with van der Waals surface area (Å²) in [6, 6.07) is 17.5. The van der Waals surface area contributed by atoms with Gasteiger partial charge < -0.3 is 10.1 Å². The molecule has 29 heavy (non-hydrogen) atoms. The molecule has 0 aliphatic rings. The van der Waals surface area contributed by atoms with E-state index in [1.165, 1.54) is 11.8 Å². The number of rotatable bonds is 7. The molecule has 0 aliphatic carbocycles. The van der Waals surface area contributed by atoms with E-state index in [0.29, 0.717) is 11.4 Å². The lowest BCUT2D eigenvalue weighted by atomic mass is 10.2. The molecule has 3 aromatic rings. The predicted octanol–water partition coefficient (Wildman–Crippen LogP) is 4.07. The van der Waals surface area contributed by atoms with Crippen molar-refractivity contribution in [3.63, 3.8) is 0 Å². The number of carbonyl (C=O) groups excluding carboxylic acids is 2. The van der Waals surface area contributed by atoms with Crippen LogP contribution in [0.2, 0.25) is 0 Å². The number of esters is 1. The van der Waals surface area contributed by atoms with Crippen LogP contribution < -0.4 is 5.32 Å². The molecular weight excluding hydrogens is 386 g/mol. The smallest absolute Gasteiger partial charge is 0.316 e. The number of aryl methyl sites for hydroxylation is 2. The number of nitrogens with one attached hydrogen (secondary N) is 1. The van der Waals surface area contributed by atoms with Crippen LogP contribution in [-0.2, 0) is 14.3 Å². The maximum atomic E-state index is 12.3. The number of ether oxygens (including phenoxy) is 1. The van der Waals surface area contributed by atoms with Crippen molar-refractivity contribution < 1.29 is 14.3 Å². The molecule has 1 heterocycles. The lowest BCUT2D eigenvalue weighted by Crippen LogP contribution is -2.22. The van der Waals surface area contributed by atoms with E-state index < -0.39 is 11.9 Å². The molecule has 0 radical (unpaired) electrons. The number of thioether (sulfide) groups is 1. The van der Waals surface area contributed by atoms with Crippen LogP contribution in [0.4, 0.5) is 5.69 Å². The van der Waals surface area contributed by atoms with E-state index in [1.54, 1.807) is 4.68 Å². The van der Waals surface area contributed by atoms with E-state index in [1.807, 2.05) is 75.4 Å². The molecule has 0 unspecified atom stereocenters. The molecule has 0 spiro atoms. The summed E-state index contributed by atoms with van der Waals surface area (Å²) in [6.07, 6.45) is 0. The van der Waals surface area contributed by atoms with Gasteiger partial charge in [-0.15, -0.1) is 11.8 Å². The Hall–Kier alpha value is -3.06. The average Bonchev–Trinajstić information content (AvgIpc) is 3.00. The van der Waals surface area contributed by atoms with E-state index in [2.05, 4.69) is 10.4 Å². The molecule has 0 bridgehead atoms. The molecule has 1 N–H and O–H groups in total. The number of hydrogen-bond acceptors (Lipinski definition) is 5. The second-order valence-corrected chi connectivity index (χ2v) is 7.65. The zero-order valence-corrected chi connectivity index (χ0v) is 17.5. The molecule has 3 rings (SSSR count). The van der Waals surface area contributed by atoms with Crippen LogP contribution in [0.1, 0.15) is 17.0 Å². The van der Waals surface area contributed by atoms with Crippen molar-refractivity contribution in [2.75, 3.05) is 17.7 Å². The first kappa shape index (κ1) is 20.7. The third kappa shape index (κ3) is 5.48. The fourth-order valence-electron chi connectivity index (χ4n) is 2.78. The van der Waals surface area contributed by atoms with E-state index in [4.69, 9.17) is 4.74 Å². The second-order valence-electron chi connectivity index (χ2n) is 6.60. The Morgan fingerprint density at radius 3 is 2.41 bits per heavy atom. The van der Waals surface area contributed by atoms with Crippen molar-refractivity contribution >= 4 is 29.3 Å². The van der Waals surface area contributed by atoms with Gasteiger partial charge in [0.2, 0.25) is 0 Å². The number of amides is 1. The Bertz CT molecular complexity index is 998. The van der Waals surface area contributed by atoms with E-state index in [9.17, 15) is 9.59 Å². The SMILES string of the molecule is Cc1ccc(-n2nc(C)c(NC(=O)COC(=O)CSc3ccccc3)c2C)cc1. The quantitative estimate of drug-likeness (QED) is 0.470. The third-order valence-electron chi connectivity index (χ3n) is 4.30. The second kappa shape index (κ2) is 9.43. The number of carbonyl (C=O) groups is 2. The van der Waals surface area contributed by atoms with Gasteiger partial charge in [-0.1, -0.05) is 35.9 Å². The van der Waals surface area contributed by atoms with Crippen molar-refractivity contribution in [1.82, 2.24) is 9.78 Å². The highest BCUT2D eigenvalue weighted by Crippen LogP contribution is 2.23. The molecule has 0 saturated heterocycles. The summed E-state index contributed by atoms with van der Waals surface area (Å²) < 4.78 is 6.87. The van der Waals surface area contributed by atoms with Crippen molar-refractivity contribution in [3.05, 3.63) is 71.5 Å². The van der Waals surface area contributed by atoms with Crippen LogP contribution in [-0.4, -0.2) is 34.0 Å². The molecule has 2 aromatic carbocycles. The highest BCUT2D eigenvalue weighted by Gasteiger charge is 2.16. The summed E-state index contributed by atoms with van der Waals surface area (Å²) >= 11 is 1.37. The Kier molecular flexibility index (Phi) is 6.72. The van der Waals surface area contributed by atoms with Crippen molar-refractivity contribution in [3.8, 4) is 5.69 Å². The number of nitrogens with zero attached hydrogens (tertiary/aromatic N) is 2. The minimum Gasteiger partial charge on any atom is -0.455 e. The summed E-state index contributed by atoms with van der Waals surface area (Å²) in [6.45, 7) is 5.41. The average molecular weight is 410 g/mol. The molecule has 0 saturated carbocycles. The normalized spacial score (nSPS) is 10.6. The third-order valence-corrected chi connectivity index (χ3v) is 5.28. The van der Waals surface area contributed by atoms with Gasteiger partial charge in [0.25, 0.3) is 5.91 Å². The highest BCUT2D eigenvalue weighted by atomic mass is 32.2. The topological polar surface area (TPSA) is 73.2 Å². The van der Waals surface area contributed by atoms with Crippen molar-refractivity contribution in [2.45, 2.75) is 25.7 Å². The van der Waals surface area contributed by atoms with Crippen LogP contribution in [0, 0.1) is 20.8 Å². The van der Waals surface area contributed by atoms with E-state index in [-0.39, 0.29) is 12.4 Å². The molecule has 0 atom stereocenters. The van der Waals surface area contributed by atoms with E-state index in [0.717, 1.165) is 21.8 Å².